The highest BCUT2D eigenvalue weighted by atomic mass is 16.2. The van der Waals surface area contributed by atoms with Crippen LogP contribution in [0.15, 0.2) is 12.7 Å². The van der Waals surface area contributed by atoms with Crippen molar-refractivity contribution in [3.8, 4) is 0 Å². The Bertz CT molecular complexity index is 255. The molecule has 1 atom stereocenters. The number of carbonyl (C=O) groups is 1. The summed E-state index contributed by atoms with van der Waals surface area (Å²) >= 11 is 0. The van der Waals surface area contributed by atoms with Crippen LogP contribution in [-0.2, 0) is 4.79 Å². The summed E-state index contributed by atoms with van der Waals surface area (Å²) in [6.07, 6.45) is 4.62. The van der Waals surface area contributed by atoms with Crippen molar-refractivity contribution in [2.24, 2.45) is 11.7 Å². The summed E-state index contributed by atoms with van der Waals surface area (Å²) in [4.78, 5) is 15.9. The number of carbonyl (C=O) groups excluding carboxylic acids is 1. The zero-order chi connectivity index (χ0) is 12.7. The lowest BCUT2D eigenvalue weighted by Crippen LogP contribution is -2.30. The van der Waals surface area contributed by atoms with Gasteiger partial charge < -0.3 is 15.5 Å². The standard InChI is InChI=1S/C13H25N3O/c1-3-12-10-13(17)16(11-12)9-5-8-15(2)7-4-6-14/h3,12H,1,4-11,14H2,2H3. The first-order valence-corrected chi connectivity index (χ1v) is 6.46. The summed E-state index contributed by atoms with van der Waals surface area (Å²) < 4.78 is 0. The van der Waals surface area contributed by atoms with Crippen LogP contribution in [0.25, 0.3) is 0 Å². The van der Waals surface area contributed by atoms with E-state index >= 15 is 0 Å². The molecule has 0 radical (unpaired) electrons. The monoisotopic (exact) mass is 239 g/mol. The average Bonchev–Trinajstić information content (AvgIpc) is 2.68. The maximum absolute atomic E-state index is 11.6. The van der Waals surface area contributed by atoms with E-state index in [4.69, 9.17) is 5.73 Å². The van der Waals surface area contributed by atoms with Crippen molar-refractivity contribution in [2.45, 2.75) is 19.3 Å². The predicted octanol–water partition coefficient (Wildman–Crippen LogP) is 0.692. The summed E-state index contributed by atoms with van der Waals surface area (Å²) in [5.74, 6) is 0.636. The van der Waals surface area contributed by atoms with Crippen molar-refractivity contribution < 1.29 is 4.79 Å². The summed E-state index contributed by atoms with van der Waals surface area (Å²) in [5.41, 5.74) is 5.46. The summed E-state index contributed by atoms with van der Waals surface area (Å²) in [5, 5.41) is 0. The molecule has 0 aromatic heterocycles. The Morgan fingerprint density at radius 1 is 1.53 bits per heavy atom. The molecule has 0 spiro atoms. The largest absolute Gasteiger partial charge is 0.342 e. The van der Waals surface area contributed by atoms with Gasteiger partial charge in [0, 0.05) is 25.4 Å². The van der Waals surface area contributed by atoms with Crippen LogP contribution in [0.3, 0.4) is 0 Å². The third kappa shape index (κ3) is 4.88. The number of hydrogen-bond donors (Lipinski definition) is 1. The number of nitrogens with zero attached hydrogens (tertiary/aromatic N) is 2. The summed E-state index contributed by atoms with van der Waals surface area (Å²) in [6.45, 7) is 8.30. The Labute approximate surface area is 104 Å². The molecule has 1 rings (SSSR count). The summed E-state index contributed by atoms with van der Waals surface area (Å²) in [7, 11) is 2.11. The Hall–Kier alpha value is -0.870. The molecule has 4 nitrogen and oxygen atoms in total. The van der Waals surface area contributed by atoms with Gasteiger partial charge in [0.05, 0.1) is 0 Å². The third-order valence-corrected chi connectivity index (χ3v) is 3.29. The number of hydrogen-bond acceptors (Lipinski definition) is 3. The maximum Gasteiger partial charge on any atom is 0.223 e. The first-order chi connectivity index (χ1) is 8.17. The van der Waals surface area contributed by atoms with Gasteiger partial charge in [-0.05, 0) is 39.5 Å². The lowest BCUT2D eigenvalue weighted by molar-refractivity contribution is -0.127. The van der Waals surface area contributed by atoms with E-state index in [-0.39, 0.29) is 5.91 Å². The number of amides is 1. The lowest BCUT2D eigenvalue weighted by Gasteiger charge is -2.20. The quantitative estimate of drug-likeness (QED) is 0.634. The minimum Gasteiger partial charge on any atom is -0.342 e. The molecule has 98 valence electrons. The highest BCUT2D eigenvalue weighted by Crippen LogP contribution is 2.18. The van der Waals surface area contributed by atoms with E-state index in [1.807, 2.05) is 11.0 Å². The Kier molecular flexibility index (Phi) is 6.22. The molecule has 0 aromatic rings. The molecule has 0 aromatic carbocycles. The number of rotatable bonds is 8. The van der Waals surface area contributed by atoms with E-state index in [9.17, 15) is 4.79 Å². The van der Waals surface area contributed by atoms with Gasteiger partial charge in [0.25, 0.3) is 0 Å². The van der Waals surface area contributed by atoms with Gasteiger partial charge in [-0.15, -0.1) is 6.58 Å². The third-order valence-electron chi connectivity index (χ3n) is 3.29. The van der Waals surface area contributed by atoms with Gasteiger partial charge in [-0.3, -0.25) is 4.79 Å². The van der Waals surface area contributed by atoms with Crippen LogP contribution < -0.4 is 5.73 Å². The molecule has 0 saturated carbocycles. The first-order valence-electron chi connectivity index (χ1n) is 6.46. The van der Waals surface area contributed by atoms with Crippen molar-refractivity contribution in [3.05, 3.63) is 12.7 Å². The van der Waals surface area contributed by atoms with Gasteiger partial charge in [0.1, 0.15) is 0 Å². The average molecular weight is 239 g/mol. The second-order valence-corrected chi connectivity index (χ2v) is 4.84. The normalized spacial score (nSPS) is 20.3. The molecule has 2 N–H and O–H groups in total. The second-order valence-electron chi connectivity index (χ2n) is 4.84. The van der Waals surface area contributed by atoms with Crippen molar-refractivity contribution in [2.75, 3.05) is 39.8 Å². The topological polar surface area (TPSA) is 49.6 Å². The molecule has 17 heavy (non-hydrogen) atoms. The molecule has 0 aliphatic carbocycles. The van der Waals surface area contributed by atoms with Gasteiger partial charge in [0.15, 0.2) is 0 Å². The fourth-order valence-corrected chi connectivity index (χ4v) is 2.18. The minimum absolute atomic E-state index is 0.277. The van der Waals surface area contributed by atoms with Gasteiger partial charge >= 0.3 is 0 Å². The summed E-state index contributed by atoms with van der Waals surface area (Å²) in [6, 6.07) is 0. The molecular weight excluding hydrogens is 214 g/mol. The van der Waals surface area contributed by atoms with Gasteiger partial charge in [-0.1, -0.05) is 6.08 Å². The molecule has 1 aliphatic heterocycles. The van der Waals surface area contributed by atoms with E-state index < -0.39 is 0 Å². The van der Waals surface area contributed by atoms with Crippen molar-refractivity contribution >= 4 is 5.91 Å². The zero-order valence-electron chi connectivity index (χ0n) is 10.9. The highest BCUT2D eigenvalue weighted by Gasteiger charge is 2.26. The first kappa shape index (κ1) is 14.2. The van der Waals surface area contributed by atoms with Crippen molar-refractivity contribution in [1.29, 1.82) is 0 Å². The Morgan fingerprint density at radius 3 is 2.82 bits per heavy atom. The van der Waals surface area contributed by atoms with E-state index in [1.165, 1.54) is 0 Å². The highest BCUT2D eigenvalue weighted by molar-refractivity contribution is 5.78. The lowest BCUT2D eigenvalue weighted by atomic mass is 10.1. The van der Waals surface area contributed by atoms with Gasteiger partial charge in [-0.2, -0.15) is 0 Å². The van der Waals surface area contributed by atoms with Crippen LogP contribution in [0, 0.1) is 5.92 Å². The molecular formula is C13H25N3O. The molecule has 4 heteroatoms. The van der Waals surface area contributed by atoms with Crippen LogP contribution in [0.1, 0.15) is 19.3 Å². The molecule has 1 amide bonds. The van der Waals surface area contributed by atoms with Crippen LogP contribution in [0.5, 0.6) is 0 Å². The minimum atomic E-state index is 0.277. The van der Waals surface area contributed by atoms with Crippen LogP contribution >= 0.6 is 0 Å². The van der Waals surface area contributed by atoms with Crippen LogP contribution in [-0.4, -0.2) is 55.5 Å². The fourth-order valence-electron chi connectivity index (χ4n) is 2.18. The van der Waals surface area contributed by atoms with Crippen molar-refractivity contribution in [3.63, 3.8) is 0 Å². The van der Waals surface area contributed by atoms with E-state index in [0.717, 1.165) is 45.6 Å². The molecule has 1 aliphatic rings. The predicted molar refractivity (Wildman–Crippen MR) is 70.7 cm³/mol. The SMILES string of the molecule is C=CC1CC(=O)N(CCCN(C)CCCN)C1. The molecule has 1 fully saturated rings. The fraction of sp³-hybridized carbons (Fsp3) is 0.769. The van der Waals surface area contributed by atoms with Gasteiger partial charge in [0.2, 0.25) is 5.91 Å². The Morgan fingerprint density at radius 2 is 2.24 bits per heavy atom. The van der Waals surface area contributed by atoms with Crippen LogP contribution in [0.4, 0.5) is 0 Å². The maximum atomic E-state index is 11.6. The molecule has 1 heterocycles. The number of likely N-dealkylation sites (tertiary alicyclic amines) is 1. The smallest absolute Gasteiger partial charge is 0.223 e. The van der Waals surface area contributed by atoms with Crippen molar-refractivity contribution in [1.82, 2.24) is 9.80 Å². The van der Waals surface area contributed by atoms with E-state index in [0.29, 0.717) is 12.3 Å². The van der Waals surface area contributed by atoms with E-state index in [1.54, 1.807) is 0 Å². The van der Waals surface area contributed by atoms with Gasteiger partial charge in [-0.25, -0.2) is 0 Å². The Balaban J connectivity index is 2.14. The van der Waals surface area contributed by atoms with Crippen LogP contribution in [0.2, 0.25) is 0 Å². The molecule has 1 saturated heterocycles. The molecule has 1 unspecified atom stereocenters. The molecule has 0 bridgehead atoms. The zero-order valence-corrected chi connectivity index (χ0v) is 10.9. The van der Waals surface area contributed by atoms with E-state index in [2.05, 4.69) is 18.5 Å². The number of nitrogens with two attached hydrogens (primary N) is 1. The second kappa shape index (κ2) is 7.45.